The average molecular weight is 505 g/mol. The number of carbonyl (C=O) groups excluding carboxylic acids is 2. The highest BCUT2D eigenvalue weighted by atomic mass is 19.1. The predicted molar refractivity (Wildman–Crippen MR) is 139 cm³/mol. The molecule has 0 unspecified atom stereocenters. The first-order valence-corrected chi connectivity index (χ1v) is 12.9. The van der Waals surface area contributed by atoms with Crippen LogP contribution in [0.5, 0.6) is 5.75 Å². The highest BCUT2D eigenvalue weighted by molar-refractivity contribution is 5.95. The zero-order valence-electron chi connectivity index (χ0n) is 22.2. The van der Waals surface area contributed by atoms with E-state index < -0.39 is 0 Å². The summed E-state index contributed by atoms with van der Waals surface area (Å²) >= 11 is 0. The van der Waals surface area contributed by atoms with Gasteiger partial charge in [-0.3, -0.25) is 18.9 Å². The topological polar surface area (TPSA) is 101 Å². The number of carbonyl (C=O) groups is 2. The van der Waals surface area contributed by atoms with Gasteiger partial charge in [-0.25, -0.2) is 4.68 Å². The number of hydrogen-bond acceptors (Lipinski definition) is 6. The van der Waals surface area contributed by atoms with Gasteiger partial charge in [0.2, 0.25) is 0 Å². The summed E-state index contributed by atoms with van der Waals surface area (Å²) in [6.45, 7) is 12.2. The smallest absolute Gasteiger partial charge is 0.273 e. The van der Waals surface area contributed by atoms with Gasteiger partial charge in [-0.15, -0.1) is 5.10 Å². The van der Waals surface area contributed by atoms with Crippen LogP contribution >= 0.6 is 0 Å². The summed E-state index contributed by atoms with van der Waals surface area (Å²) in [4.78, 5) is 27.3. The Kier molecular flexibility index (Phi) is 12.3. The van der Waals surface area contributed by atoms with E-state index in [1.54, 1.807) is 24.4 Å². The highest BCUT2D eigenvalue weighted by Gasteiger charge is 2.17. The molecule has 0 aliphatic rings. The van der Waals surface area contributed by atoms with Crippen LogP contribution in [-0.2, 0) is 0 Å². The average Bonchev–Trinajstić information content (AvgIpc) is 3.33. The molecule has 1 aromatic carbocycles. The monoisotopic (exact) mass is 504 g/mol. The number of alkyl halides is 1. The van der Waals surface area contributed by atoms with E-state index in [4.69, 9.17) is 4.74 Å². The van der Waals surface area contributed by atoms with E-state index in [2.05, 4.69) is 53.5 Å². The lowest BCUT2D eigenvalue weighted by Gasteiger charge is -2.30. The van der Waals surface area contributed by atoms with E-state index in [-0.39, 0.29) is 24.2 Å². The lowest BCUT2D eigenvalue weighted by Crippen LogP contribution is -2.42. The zero-order valence-corrected chi connectivity index (χ0v) is 22.2. The Morgan fingerprint density at radius 3 is 2.44 bits per heavy atom. The fourth-order valence-electron chi connectivity index (χ4n) is 3.94. The van der Waals surface area contributed by atoms with E-state index in [0.29, 0.717) is 55.2 Å². The Hall–Kier alpha value is -3.01. The minimum Gasteiger partial charge on any atom is -0.491 e. The van der Waals surface area contributed by atoms with E-state index >= 15 is 0 Å². The Morgan fingerprint density at radius 1 is 1.06 bits per heavy atom. The van der Waals surface area contributed by atoms with Gasteiger partial charge in [-0.1, -0.05) is 11.6 Å². The maximum atomic E-state index is 12.7. The number of hydrogen-bond donors (Lipinski definition) is 2. The van der Waals surface area contributed by atoms with Crippen LogP contribution < -0.4 is 15.4 Å². The van der Waals surface area contributed by atoms with Gasteiger partial charge in [0, 0.05) is 37.3 Å². The fourth-order valence-corrected chi connectivity index (χ4v) is 3.94. The van der Waals surface area contributed by atoms with Crippen molar-refractivity contribution in [2.45, 2.75) is 72.4 Å². The molecule has 0 saturated carbocycles. The number of benzene rings is 1. The molecule has 2 amide bonds. The van der Waals surface area contributed by atoms with Gasteiger partial charge in [-0.2, -0.15) is 0 Å². The van der Waals surface area contributed by atoms with Gasteiger partial charge in [0.1, 0.15) is 11.4 Å². The van der Waals surface area contributed by atoms with Crippen molar-refractivity contribution in [1.29, 1.82) is 0 Å². The molecule has 0 atom stereocenters. The van der Waals surface area contributed by atoms with Crippen molar-refractivity contribution in [3.63, 3.8) is 0 Å². The molecule has 200 valence electrons. The van der Waals surface area contributed by atoms with Crippen LogP contribution in [0.15, 0.2) is 24.4 Å². The van der Waals surface area contributed by atoms with Crippen LogP contribution in [0.2, 0.25) is 0 Å². The first-order chi connectivity index (χ1) is 17.3. The number of halogens is 1. The van der Waals surface area contributed by atoms with Crippen LogP contribution in [0, 0.1) is 0 Å². The van der Waals surface area contributed by atoms with Crippen LogP contribution in [0.4, 0.5) is 4.39 Å². The molecule has 2 aromatic rings. The molecule has 0 fully saturated rings. The summed E-state index contributed by atoms with van der Waals surface area (Å²) in [6.07, 6.45) is 4.52. The lowest BCUT2D eigenvalue weighted by molar-refractivity contribution is 0.0932. The van der Waals surface area contributed by atoms with Crippen molar-refractivity contribution in [1.82, 2.24) is 30.5 Å². The Bertz CT molecular complexity index is 955. The van der Waals surface area contributed by atoms with Gasteiger partial charge in [-0.05, 0) is 72.1 Å². The molecule has 0 aliphatic heterocycles. The van der Waals surface area contributed by atoms with Crippen molar-refractivity contribution in [2.24, 2.45) is 0 Å². The maximum Gasteiger partial charge on any atom is 0.273 e. The molecule has 0 aliphatic carbocycles. The summed E-state index contributed by atoms with van der Waals surface area (Å²) in [5.74, 6) is -0.0408. The van der Waals surface area contributed by atoms with Crippen molar-refractivity contribution < 1.29 is 18.7 Å². The normalized spacial score (nSPS) is 11.4. The maximum absolute atomic E-state index is 12.7. The molecule has 0 radical (unpaired) electrons. The second kappa shape index (κ2) is 15.2. The van der Waals surface area contributed by atoms with Gasteiger partial charge in [0.25, 0.3) is 11.8 Å². The van der Waals surface area contributed by atoms with Gasteiger partial charge >= 0.3 is 0 Å². The van der Waals surface area contributed by atoms with Gasteiger partial charge in [0.15, 0.2) is 5.69 Å². The first-order valence-electron chi connectivity index (χ1n) is 12.9. The Labute approximate surface area is 213 Å². The van der Waals surface area contributed by atoms with Crippen LogP contribution in [0.25, 0.3) is 5.69 Å². The summed E-state index contributed by atoms with van der Waals surface area (Å²) < 4.78 is 19.8. The minimum absolute atomic E-state index is 0.195. The lowest BCUT2D eigenvalue weighted by atomic mass is 10.1. The molecule has 0 saturated heterocycles. The van der Waals surface area contributed by atoms with Gasteiger partial charge < -0.3 is 15.4 Å². The van der Waals surface area contributed by atoms with E-state index in [1.165, 1.54) is 4.68 Å². The molecule has 0 bridgehead atoms. The largest absolute Gasteiger partial charge is 0.491 e. The standard InChI is InChI=1S/C26H41FN6O3/c1-6-28-25(34)21-11-12-23(24(17-21)36-16-10-8-7-9-13-27)33-18-22(30-31-33)26(35)29-14-15-32(19(2)3)20(4)5/h11-12,17-20H,6-10,13-16H2,1-5H3,(H,28,34)(H,29,35). The van der Waals surface area contributed by atoms with Crippen LogP contribution in [0.1, 0.15) is 81.1 Å². The highest BCUT2D eigenvalue weighted by Crippen LogP contribution is 2.25. The zero-order chi connectivity index (χ0) is 26.5. The number of nitrogens with zero attached hydrogens (tertiary/aromatic N) is 4. The quantitative estimate of drug-likeness (QED) is 0.338. The predicted octanol–water partition coefficient (Wildman–Crippen LogP) is 3.77. The van der Waals surface area contributed by atoms with Crippen molar-refractivity contribution in [2.75, 3.05) is 32.9 Å². The molecule has 10 heteroatoms. The number of aromatic nitrogens is 3. The van der Waals surface area contributed by atoms with Crippen molar-refractivity contribution >= 4 is 11.8 Å². The molecule has 0 spiro atoms. The second-order valence-electron chi connectivity index (χ2n) is 9.22. The third kappa shape index (κ3) is 8.89. The minimum atomic E-state index is -0.310. The summed E-state index contributed by atoms with van der Waals surface area (Å²) in [5.41, 5.74) is 1.23. The number of unbranched alkanes of at least 4 members (excludes halogenated alkanes) is 3. The van der Waals surface area contributed by atoms with Crippen LogP contribution in [-0.4, -0.2) is 76.7 Å². The number of amides is 2. The van der Waals surface area contributed by atoms with E-state index in [0.717, 1.165) is 25.8 Å². The number of ether oxygens (including phenoxy) is 1. The molecular weight excluding hydrogens is 463 g/mol. The van der Waals surface area contributed by atoms with Crippen LogP contribution in [0.3, 0.4) is 0 Å². The van der Waals surface area contributed by atoms with E-state index in [1.807, 2.05) is 6.92 Å². The Morgan fingerprint density at radius 2 is 1.78 bits per heavy atom. The third-order valence-corrected chi connectivity index (χ3v) is 5.80. The molecule has 9 nitrogen and oxygen atoms in total. The van der Waals surface area contributed by atoms with Gasteiger partial charge in [0.05, 0.1) is 19.5 Å². The molecular formula is C26H41FN6O3. The van der Waals surface area contributed by atoms with Crippen molar-refractivity contribution in [3.05, 3.63) is 35.7 Å². The molecule has 2 N–H and O–H groups in total. The van der Waals surface area contributed by atoms with E-state index in [9.17, 15) is 14.0 Å². The number of nitrogens with one attached hydrogen (secondary N) is 2. The second-order valence-corrected chi connectivity index (χ2v) is 9.22. The molecule has 36 heavy (non-hydrogen) atoms. The number of rotatable bonds is 16. The third-order valence-electron chi connectivity index (χ3n) is 5.80. The van der Waals surface area contributed by atoms with Crippen molar-refractivity contribution in [3.8, 4) is 11.4 Å². The molecule has 1 aromatic heterocycles. The molecule has 2 rings (SSSR count). The Balaban J connectivity index is 2.11. The summed E-state index contributed by atoms with van der Waals surface area (Å²) in [6, 6.07) is 5.83. The SMILES string of the molecule is CCNC(=O)c1ccc(-n2cc(C(=O)NCCN(C(C)C)C(C)C)nn2)c(OCCCCCCF)c1. The molecule has 1 heterocycles. The summed E-state index contributed by atoms with van der Waals surface area (Å²) in [5, 5.41) is 13.8. The summed E-state index contributed by atoms with van der Waals surface area (Å²) in [7, 11) is 0. The first kappa shape index (κ1) is 29.2. The fraction of sp³-hybridized carbons (Fsp3) is 0.615.